The van der Waals surface area contributed by atoms with Crippen molar-refractivity contribution < 1.29 is 19.0 Å². The summed E-state index contributed by atoms with van der Waals surface area (Å²) < 4.78 is 20.3. The normalized spacial score (nSPS) is 14.8. The van der Waals surface area contributed by atoms with E-state index < -0.39 is 12.0 Å². The fraction of sp³-hybridized carbons (Fsp3) is 0.242. The van der Waals surface area contributed by atoms with Gasteiger partial charge in [-0.25, -0.2) is 9.79 Å². The molecule has 0 unspecified atom stereocenters. The predicted octanol–water partition coefficient (Wildman–Crippen LogP) is 6.75. The van der Waals surface area contributed by atoms with Crippen LogP contribution in [-0.2, 0) is 16.1 Å². The first-order valence-corrected chi connectivity index (χ1v) is 17.2. The average Bonchev–Trinajstić information content (AvgIpc) is 3.29. The first kappa shape index (κ1) is 32.3. The Labute approximate surface area is 282 Å². The highest BCUT2D eigenvalue weighted by Gasteiger charge is 2.33. The Hall–Kier alpha value is -3.06. The molecule has 5 rings (SSSR count). The van der Waals surface area contributed by atoms with E-state index >= 15 is 0 Å². The van der Waals surface area contributed by atoms with Crippen molar-refractivity contribution in [3.8, 4) is 11.5 Å². The van der Waals surface area contributed by atoms with E-state index in [4.69, 9.17) is 30.8 Å². The van der Waals surface area contributed by atoms with Gasteiger partial charge in [-0.05, 0) is 97.2 Å². The van der Waals surface area contributed by atoms with Gasteiger partial charge in [0.05, 0.1) is 38.6 Å². The van der Waals surface area contributed by atoms with E-state index in [0.717, 1.165) is 25.2 Å². The van der Waals surface area contributed by atoms with Crippen molar-refractivity contribution in [3.05, 3.63) is 117 Å². The van der Waals surface area contributed by atoms with Gasteiger partial charge in [0.2, 0.25) is 0 Å². The molecule has 3 aromatic carbocycles. The minimum atomic E-state index is -0.675. The van der Waals surface area contributed by atoms with Gasteiger partial charge in [-0.15, -0.1) is 11.8 Å². The zero-order chi connectivity index (χ0) is 31.5. The maximum Gasteiger partial charge on any atom is 0.338 e. The number of ether oxygens (including phenoxy) is 3. The van der Waals surface area contributed by atoms with Crippen LogP contribution in [0.25, 0.3) is 6.08 Å². The van der Waals surface area contributed by atoms with Crippen LogP contribution >= 0.6 is 57.3 Å². The second kappa shape index (κ2) is 13.9. The first-order valence-electron chi connectivity index (χ1n) is 13.7. The molecular formula is C33H30ClIN2O5S2. The minimum absolute atomic E-state index is 0.247. The summed E-state index contributed by atoms with van der Waals surface area (Å²) in [5, 5.41) is 0.628. The van der Waals surface area contributed by atoms with E-state index in [9.17, 15) is 9.59 Å². The molecule has 0 amide bonds. The van der Waals surface area contributed by atoms with E-state index in [-0.39, 0.29) is 18.3 Å². The Morgan fingerprint density at radius 1 is 1.18 bits per heavy atom. The van der Waals surface area contributed by atoms with Crippen LogP contribution in [0, 0.1) is 3.57 Å². The summed E-state index contributed by atoms with van der Waals surface area (Å²) in [5.41, 5.74) is 3.06. The average molecular weight is 761 g/mol. The summed E-state index contributed by atoms with van der Waals surface area (Å²) in [6, 6.07) is 18.5. The fourth-order valence-electron chi connectivity index (χ4n) is 4.84. The molecule has 0 spiro atoms. The number of allylic oxidation sites excluding steroid dienone is 1. The molecule has 1 aliphatic rings. The van der Waals surface area contributed by atoms with Gasteiger partial charge in [0, 0.05) is 15.5 Å². The maximum atomic E-state index is 14.1. The smallest absolute Gasteiger partial charge is 0.338 e. The Balaban J connectivity index is 1.58. The number of benzene rings is 3. The molecule has 0 aliphatic carbocycles. The number of hydrogen-bond acceptors (Lipinski definition) is 8. The number of aromatic nitrogens is 1. The minimum Gasteiger partial charge on any atom is -0.493 e. The predicted molar refractivity (Wildman–Crippen MR) is 185 cm³/mol. The number of thiazole rings is 1. The molecule has 0 fully saturated rings. The van der Waals surface area contributed by atoms with Gasteiger partial charge >= 0.3 is 5.97 Å². The van der Waals surface area contributed by atoms with Crippen LogP contribution in [-0.4, -0.2) is 30.0 Å². The number of halogens is 2. The number of hydrogen-bond donors (Lipinski definition) is 0. The Kier molecular flexibility index (Phi) is 10.2. The van der Waals surface area contributed by atoms with Gasteiger partial charge in [-0.3, -0.25) is 9.36 Å². The van der Waals surface area contributed by atoms with Gasteiger partial charge in [-0.1, -0.05) is 53.3 Å². The highest BCUT2D eigenvalue weighted by Crippen LogP contribution is 2.36. The summed E-state index contributed by atoms with van der Waals surface area (Å²) in [4.78, 5) is 33.7. The lowest BCUT2D eigenvalue weighted by molar-refractivity contribution is -0.143. The number of carbonyl (C=O) groups excluding carboxylic acids is 1. The molecule has 4 aromatic rings. The quantitative estimate of drug-likeness (QED) is 0.107. The standard InChI is InChI=1S/C33H30ClIN2O5S2/c1-18(2)42-32(39)28-19(3)36-33-37(29(28)21-10-12-23(43-5)13-11-21)31(38)27(44-33)16-20-14-25(35)30(26(15-20)40-4)41-17-22-8-6-7-9-24(22)34/h6-16,18,29H,17H2,1-5H3/b27-16-/t29-/m1/s1. The lowest BCUT2D eigenvalue weighted by Crippen LogP contribution is -2.40. The topological polar surface area (TPSA) is 79.1 Å². The van der Waals surface area contributed by atoms with Crippen LogP contribution in [0.1, 0.15) is 43.5 Å². The number of carbonyl (C=O) groups is 1. The second-order valence-corrected chi connectivity index (χ2v) is 13.7. The van der Waals surface area contributed by atoms with Crippen LogP contribution in [0.4, 0.5) is 0 Å². The Morgan fingerprint density at radius 3 is 2.57 bits per heavy atom. The lowest BCUT2D eigenvalue weighted by atomic mass is 9.96. The molecule has 44 heavy (non-hydrogen) atoms. The molecule has 11 heteroatoms. The lowest BCUT2D eigenvalue weighted by Gasteiger charge is -2.25. The molecule has 0 radical (unpaired) electrons. The van der Waals surface area contributed by atoms with Crippen LogP contribution in [0.15, 0.2) is 86.6 Å². The third-order valence-corrected chi connectivity index (χ3v) is 9.79. The Bertz CT molecular complexity index is 1930. The second-order valence-electron chi connectivity index (χ2n) is 10.2. The number of thioether (sulfide) groups is 1. The summed E-state index contributed by atoms with van der Waals surface area (Å²) in [7, 11) is 1.58. The molecule has 1 aromatic heterocycles. The zero-order valence-corrected chi connectivity index (χ0v) is 29.3. The summed E-state index contributed by atoms with van der Waals surface area (Å²) in [5.74, 6) is 0.634. The number of fused-ring (bicyclic) bond motifs is 1. The van der Waals surface area contributed by atoms with E-state index in [1.807, 2.05) is 73.0 Å². The molecule has 1 atom stereocenters. The van der Waals surface area contributed by atoms with Crippen LogP contribution in [0.2, 0.25) is 5.02 Å². The number of rotatable bonds is 9. The molecule has 0 saturated carbocycles. The molecule has 7 nitrogen and oxygen atoms in total. The van der Waals surface area contributed by atoms with Gasteiger partial charge in [-0.2, -0.15) is 0 Å². The van der Waals surface area contributed by atoms with E-state index in [2.05, 4.69) is 22.6 Å². The van der Waals surface area contributed by atoms with Crippen molar-refractivity contribution >= 4 is 69.3 Å². The molecule has 0 N–H and O–H groups in total. The molecule has 0 bridgehead atoms. The van der Waals surface area contributed by atoms with Crippen molar-refractivity contribution in [1.29, 1.82) is 0 Å². The van der Waals surface area contributed by atoms with Crippen LogP contribution in [0.3, 0.4) is 0 Å². The number of nitrogens with zero attached hydrogens (tertiary/aromatic N) is 2. The SMILES string of the molecule is COc1cc(/C=c2\sc3n(c2=O)[C@H](c2ccc(SC)cc2)C(C(=O)OC(C)C)=C(C)N=3)cc(I)c1OCc1ccccc1Cl. The third kappa shape index (κ3) is 6.78. The summed E-state index contributed by atoms with van der Waals surface area (Å²) in [6.45, 7) is 5.66. The van der Waals surface area contributed by atoms with Gasteiger partial charge in [0.25, 0.3) is 5.56 Å². The molecule has 2 heterocycles. The summed E-state index contributed by atoms with van der Waals surface area (Å²) in [6.07, 6.45) is 3.49. The third-order valence-electron chi connectivity index (χ3n) is 6.90. The van der Waals surface area contributed by atoms with E-state index in [0.29, 0.717) is 37.1 Å². The van der Waals surface area contributed by atoms with Crippen molar-refractivity contribution in [2.45, 2.75) is 44.4 Å². The molecular weight excluding hydrogens is 731 g/mol. The highest BCUT2D eigenvalue weighted by molar-refractivity contribution is 14.1. The van der Waals surface area contributed by atoms with Crippen LogP contribution < -0.4 is 24.4 Å². The number of methoxy groups -OCH3 is 1. The van der Waals surface area contributed by atoms with E-state index in [1.54, 1.807) is 44.2 Å². The first-order chi connectivity index (χ1) is 21.1. The highest BCUT2D eigenvalue weighted by atomic mass is 127. The molecule has 0 saturated heterocycles. The largest absolute Gasteiger partial charge is 0.493 e. The Morgan fingerprint density at radius 2 is 1.91 bits per heavy atom. The molecule has 228 valence electrons. The van der Waals surface area contributed by atoms with Crippen molar-refractivity contribution in [3.63, 3.8) is 0 Å². The van der Waals surface area contributed by atoms with Gasteiger partial charge < -0.3 is 14.2 Å². The van der Waals surface area contributed by atoms with Crippen molar-refractivity contribution in [1.82, 2.24) is 4.57 Å². The van der Waals surface area contributed by atoms with Crippen molar-refractivity contribution in [2.75, 3.05) is 13.4 Å². The molecule has 1 aliphatic heterocycles. The monoisotopic (exact) mass is 760 g/mol. The van der Waals surface area contributed by atoms with Crippen LogP contribution in [0.5, 0.6) is 11.5 Å². The maximum absolute atomic E-state index is 14.1. The summed E-state index contributed by atoms with van der Waals surface area (Å²) >= 11 is 11.4. The zero-order valence-electron chi connectivity index (χ0n) is 24.7. The van der Waals surface area contributed by atoms with E-state index in [1.165, 1.54) is 11.3 Å². The fourth-order valence-corrected chi connectivity index (χ4v) is 7.27. The van der Waals surface area contributed by atoms with Crippen molar-refractivity contribution in [2.24, 2.45) is 4.99 Å². The van der Waals surface area contributed by atoms with Gasteiger partial charge in [0.1, 0.15) is 6.61 Å². The number of esters is 1. The van der Waals surface area contributed by atoms with Gasteiger partial charge in [0.15, 0.2) is 16.3 Å².